The Bertz CT molecular complexity index is 626. The fourth-order valence-electron chi connectivity index (χ4n) is 3.94. The van der Waals surface area contributed by atoms with Crippen molar-refractivity contribution >= 4 is 10.9 Å². The number of benzene rings is 1. The molecule has 3 rings (SSSR count). The minimum absolute atomic E-state index is 0.941. The Morgan fingerprint density at radius 1 is 1.08 bits per heavy atom. The number of nitrogens with zero attached hydrogens (tertiary/aromatic N) is 2. The van der Waals surface area contributed by atoms with Crippen molar-refractivity contribution in [2.75, 3.05) is 26.7 Å². The Hall–Kier alpha value is -1.48. The molecule has 0 atom stereocenters. The smallest absolute Gasteiger partial charge is 0.120 e. The largest absolute Gasteiger partial charge is 0.497 e. The van der Waals surface area contributed by atoms with Crippen LogP contribution in [0.5, 0.6) is 5.75 Å². The summed E-state index contributed by atoms with van der Waals surface area (Å²) in [4.78, 5) is 2.66. The lowest BCUT2D eigenvalue weighted by Crippen LogP contribution is -2.34. The third kappa shape index (κ3) is 4.32. The van der Waals surface area contributed by atoms with E-state index in [1.54, 1.807) is 7.11 Å². The van der Waals surface area contributed by atoms with Crippen molar-refractivity contribution in [2.45, 2.75) is 52.0 Å². The van der Waals surface area contributed by atoms with E-state index >= 15 is 0 Å². The topological polar surface area (TPSA) is 17.4 Å². The first kappa shape index (κ1) is 17.3. The van der Waals surface area contributed by atoms with E-state index < -0.39 is 0 Å². The summed E-state index contributed by atoms with van der Waals surface area (Å²) in [5.41, 5.74) is 1.28. The van der Waals surface area contributed by atoms with Gasteiger partial charge in [0, 0.05) is 18.8 Å². The molecule has 0 N–H and O–H groups in total. The highest BCUT2D eigenvalue weighted by Crippen LogP contribution is 2.24. The van der Waals surface area contributed by atoms with Gasteiger partial charge in [-0.1, -0.05) is 26.2 Å². The summed E-state index contributed by atoms with van der Waals surface area (Å²) in [7, 11) is 1.73. The van der Waals surface area contributed by atoms with Crippen LogP contribution in [0.2, 0.25) is 0 Å². The van der Waals surface area contributed by atoms with E-state index in [1.807, 2.05) is 6.07 Å². The van der Waals surface area contributed by atoms with Crippen LogP contribution >= 0.6 is 0 Å². The molecule has 0 spiro atoms. The molecule has 3 heteroatoms. The van der Waals surface area contributed by atoms with Gasteiger partial charge in [0.2, 0.25) is 0 Å². The van der Waals surface area contributed by atoms with Crippen LogP contribution in [0.3, 0.4) is 0 Å². The van der Waals surface area contributed by atoms with Crippen LogP contribution in [0.4, 0.5) is 0 Å². The number of aryl methyl sites for hydroxylation is 1. The summed E-state index contributed by atoms with van der Waals surface area (Å²) in [6.07, 6.45) is 10.4. The fourth-order valence-corrected chi connectivity index (χ4v) is 3.94. The Morgan fingerprint density at radius 3 is 2.67 bits per heavy atom. The number of rotatable bonds is 8. The summed E-state index contributed by atoms with van der Waals surface area (Å²) in [6.45, 7) is 7.22. The zero-order valence-electron chi connectivity index (χ0n) is 15.3. The summed E-state index contributed by atoms with van der Waals surface area (Å²) in [5.74, 6) is 1.93. The molecule has 24 heavy (non-hydrogen) atoms. The Balaban J connectivity index is 1.45. The number of fused-ring (bicyclic) bond motifs is 1. The van der Waals surface area contributed by atoms with Gasteiger partial charge in [0.05, 0.1) is 12.6 Å². The second-order valence-corrected chi connectivity index (χ2v) is 7.21. The molecule has 0 saturated carbocycles. The maximum atomic E-state index is 5.36. The van der Waals surface area contributed by atoms with Crippen molar-refractivity contribution in [2.24, 2.45) is 5.92 Å². The number of hydrogen-bond donors (Lipinski definition) is 0. The number of methoxy groups -OCH3 is 1. The van der Waals surface area contributed by atoms with Gasteiger partial charge < -0.3 is 14.2 Å². The van der Waals surface area contributed by atoms with Crippen LogP contribution in [-0.4, -0.2) is 36.2 Å². The van der Waals surface area contributed by atoms with Crippen molar-refractivity contribution in [1.82, 2.24) is 9.47 Å². The number of aromatic nitrogens is 1. The van der Waals surface area contributed by atoms with Crippen molar-refractivity contribution in [1.29, 1.82) is 0 Å². The Labute approximate surface area is 146 Å². The monoisotopic (exact) mass is 328 g/mol. The molecule has 1 aliphatic heterocycles. The average Bonchev–Trinajstić information content (AvgIpc) is 3.03. The molecule has 1 aromatic carbocycles. The lowest BCUT2D eigenvalue weighted by Gasteiger charge is -2.32. The maximum Gasteiger partial charge on any atom is 0.120 e. The van der Waals surface area contributed by atoms with Gasteiger partial charge in [-0.25, -0.2) is 0 Å². The zero-order valence-corrected chi connectivity index (χ0v) is 15.3. The van der Waals surface area contributed by atoms with Gasteiger partial charge in [0.15, 0.2) is 0 Å². The highest BCUT2D eigenvalue weighted by Gasteiger charge is 2.18. The minimum atomic E-state index is 0.941. The minimum Gasteiger partial charge on any atom is -0.497 e. The predicted octanol–water partition coefficient (Wildman–Crippen LogP) is 4.94. The van der Waals surface area contributed by atoms with E-state index in [2.05, 4.69) is 40.8 Å². The first-order chi connectivity index (χ1) is 11.8. The van der Waals surface area contributed by atoms with Crippen LogP contribution in [-0.2, 0) is 6.54 Å². The molecule has 0 radical (unpaired) electrons. The van der Waals surface area contributed by atoms with Gasteiger partial charge in [0.25, 0.3) is 0 Å². The van der Waals surface area contributed by atoms with E-state index in [1.165, 1.54) is 69.1 Å². The summed E-state index contributed by atoms with van der Waals surface area (Å²) in [6, 6.07) is 8.53. The molecule has 0 aliphatic carbocycles. The van der Waals surface area contributed by atoms with Gasteiger partial charge in [-0.3, -0.25) is 0 Å². The van der Waals surface area contributed by atoms with E-state index in [9.17, 15) is 0 Å². The molecule has 1 aromatic heterocycles. The molecular weight excluding hydrogens is 296 g/mol. The third-order valence-electron chi connectivity index (χ3n) is 5.53. The molecule has 0 amide bonds. The van der Waals surface area contributed by atoms with E-state index in [0.29, 0.717) is 0 Å². The molecule has 1 aliphatic rings. The number of ether oxygens (including phenoxy) is 1. The maximum absolute atomic E-state index is 5.36. The van der Waals surface area contributed by atoms with Crippen molar-refractivity contribution in [3.05, 3.63) is 30.5 Å². The average molecular weight is 329 g/mol. The first-order valence-electron chi connectivity index (χ1n) is 9.65. The highest BCUT2D eigenvalue weighted by molar-refractivity contribution is 5.81. The molecule has 2 heterocycles. The SMILES string of the molecule is CCCCC1CCN(CCCn2ccc3ccc(OC)cc32)CC1. The normalized spacial score (nSPS) is 16.8. The van der Waals surface area contributed by atoms with Crippen LogP contribution in [0, 0.1) is 5.92 Å². The molecule has 1 fully saturated rings. The van der Waals surface area contributed by atoms with Gasteiger partial charge in [-0.05, 0) is 68.4 Å². The van der Waals surface area contributed by atoms with Crippen LogP contribution in [0.25, 0.3) is 10.9 Å². The highest BCUT2D eigenvalue weighted by atomic mass is 16.5. The second-order valence-electron chi connectivity index (χ2n) is 7.21. The quantitative estimate of drug-likeness (QED) is 0.683. The number of likely N-dealkylation sites (tertiary alicyclic amines) is 1. The molecule has 2 aromatic rings. The van der Waals surface area contributed by atoms with Crippen molar-refractivity contribution in [3.63, 3.8) is 0 Å². The van der Waals surface area contributed by atoms with Crippen LogP contribution in [0.15, 0.2) is 30.5 Å². The lowest BCUT2D eigenvalue weighted by atomic mass is 9.91. The van der Waals surface area contributed by atoms with Gasteiger partial charge in [-0.15, -0.1) is 0 Å². The molecular formula is C21H32N2O. The van der Waals surface area contributed by atoms with Crippen LogP contribution in [0.1, 0.15) is 45.4 Å². The van der Waals surface area contributed by atoms with Crippen LogP contribution < -0.4 is 4.74 Å². The number of hydrogen-bond acceptors (Lipinski definition) is 2. The van der Waals surface area contributed by atoms with E-state index in [0.717, 1.165) is 18.2 Å². The Kier molecular flexibility index (Phi) is 6.19. The molecule has 132 valence electrons. The second kappa shape index (κ2) is 8.57. The number of unbranched alkanes of at least 4 members (excludes halogenated alkanes) is 1. The van der Waals surface area contributed by atoms with Gasteiger partial charge in [-0.2, -0.15) is 0 Å². The van der Waals surface area contributed by atoms with E-state index in [-0.39, 0.29) is 0 Å². The molecule has 0 unspecified atom stereocenters. The Morgan fingerprint density at radius 2 is 1.92 bits per heavy atom. The third-order valence-corrected chi connectivity index (χ3v) is 5.53. The summed E-state index contributed by atoms with van der Waals surface area (Å²) >= 11 is 0. The lowest BCUT2D eigenvalue weighted by molar-refractivity contribution is 0.174. The fraction of sp³-hybridized carbons (Fsp3) is 0.619. The molecule has 1 saturated heterocycles. The number of piperidine rings is 1. The summed E-state index contributed by atoms with van der Waals surface area (Å²) in [5, 5.41) is 1.30. The first-order valence-corrected chi connectivity index (χ1v) is 9.65. The zero-order chi connectivity index (χ0) is 16.8. The van der Waals surface area contributed by atoms with Crippen molar-refractivity contribution < 1.29 is 4.74 Å². The van der Waals surface area contributed by atoms with Gasteiger partial charge >= 0.3 is 0 Å². The molecule has 3 nitrogen and oxygen atoms in total. The standard InChI is InChI=1S/C21H32N2O/c1-3-4-6-18-9-14-22(15-10-18)12-5-13-23-16-11-19-7-8-20(24-2)17-21(19)23/h7-8,11,16-18H,3-6,9-10,12-15H2,1-2H3. The van der Waals surface area contributed by atoms with Crippen molar-refractivity contribution in [3.8, 4) is 5.75 Å². The molecule has 0 bridgehead atoms. The predicted molar refractivity (Wildman–Crippen MR) is 102 cm³/mol. The summed E-state index contributed by atoms with van der Waals surface area (Å²) < 4.78 is 7.73. The van der Waals surface area contributed by atoms with Gasteiger partial charge in [0.1, 0.15) is 5.75 Å². The van der Waals surface area contributed by atoms with E-state index in [4.69, 9.17) is 4.74 Å².